The number of nitrogens with zero attached hydrogens (tertiary/aromatic N) is 2. The third kappa shape index (κ3) is 3.54. The number of hydrogen-bond acceptors (Lipinski definition) is 3. The highest BCUT2D eigenvalue weighted by Crippen LogP contribution is 2.35. The number of fused-ring (bicyclic) bond motifs is 1. The fourth-order valence-corrected chi connectivity index (χ4v) is 2.40. The SMILES string of the molecule is Cc1ccc2[nH]c(O)c(N=NC(=S)NCc3ccccc3)c2c1. The molecule has 6 heteroatoms. The molecule has 23 heavy (non-hydrogen) atoms. The number of benzene rings is 2. The molecule has 1 heterocycles. The molecule has 0 atom stereocenters. The molecule has 0 saturated carbocycles. The van der Waals surface area contributed by atoms with Crippen molar-refractivity contribution in [3.05, 3.63) is 59.7 Å². The predicted molar refractivity (Wildman–Crippen MR) is 95.1 cm³/mol. The summed E-state index contributed by atoms with van der Waals surface area (Å²) in [7, 11) is 0. The molecule has 0 aliphatic carbocycles. The van der Waals surface area contributed by atoms with Gasteiger partial charge in [0.05, 0.1) is 5.52 Å². The molecule has 3 aromatic rings. The van der Waals surface area contributed by atoms with E-state index in [4.69, 9.17) is 12.2 Å². The van der Waals surface area contributed by atoms with E-state index in [0.29, 0.717) is 12.2 Å². The summed E-state index contributed by atoms with van der Waals surface area (Å²) in [5, 5.41) is 22.2. The van der Waals surface area contributed by atoms with Gasteiger partial charge >= 0.3 is 0 Å². The van der Waals surface area contributed by atoms with Crippen LogP contribution in [0, 0.1) is 6.92 Å². The third-order valence-electron chi connectivity index (χ3n) is 3.43. The Morgan fingerprint density at radius 3 is 2.78 bits per heavy atom. The van der Waals surface area contributed by atoms with Crippen LogP contribution in [0.15, 0.2) is 58.8 Å². The zero-order chi connectivity index (χ0) is 16.2. The molecule has 116 valence electrons. The van der Waals surface area contributed by atoms with Crippen molar-refractivity contribution >= 4 is 33.9 Å². The number of aromatic hydroxyl groups is 1. The lowest BCUT2D eigenvalue weighted by atomic mass is 10.2. The highest BCUT2D eigenvalue weighted by molar-refractivity contribution is 7.80. The van der Waals surface area contributed by atoms with Gasteiger partial charge in [-0.3, -0.25) is 0 Å². The van der Waals surface area contributed by atoms with Gasteiger partial charge in [0.25, 0.3) is 0 Å². The van der Waals surface area contributed by atoms with E-state index in [1.165, 1.54) is 0 Å². The molecule has 3 rings (SSSR count). The lowest BCUT2D eigenvalue weighted by Crippen LogP contribution is -2.18. The van der Waals surface area contributed by atoms with E-state index < -0.39 is 0 Å². The monoisotopic (exact) mass is 324 g/mol. The minimum atomic E-state index is -0.0137. The number of rotatable bonds is 3. The molecule has 5 nitrogen and oxygen atoms in total. The Morgan fingerprint density at radius 2 is 2.00 bits per heavy atom. The van der Waals surface area contributed by atoms with Gasteiger partial charge in [-0.2, -0.15) is 0 Å². The number of hydrogen-bond donors (Lipinski definition) is 3. The van der Waals surface area contributed by atoms with Gasteiger partial charge in [0.2, 0.25) is 11.0 Å². The van der Waals surface area contributed by atoms with Gasteiger partial charge in [0.15, 0.2) is 5.69 Å². The van der Waals surface area contributed by atoms with Crippen LogP contribution < -0.4 is 5.32 Å². The molecule has 0 amide bonds. The first-order valence-corrected chi connectivity index (χ1v) is 7.59. The van der Waals surface area contributed by atoms with Gasteiger partial charge in [0, 0.05) is 11.9 Å². The van der Waals surface area contributed by atoms with Crippen molar-refractivity contribution in [2.75, 3.05) is 0 Å². The number of aromatic amines is 1. The van der Waals surface area contributed by atoms with E-state index in [9.17, 15) is 5.11 Å². The van der Waals surface area contributed by atoms with Gasteiger partial charge in [-0.1, -0.05) is 42.0 Å². The van der Waals surface area contributed by atoms with Crippen molar-refractivity contribution in [2.45, 2.75) is 13.5 Å². The fourth-order valence-electron chi connectivity index (χ4n) is 2.28. The molecule has 0 bridgehead atoms. The quantitative estimate of drug-likeness (QED) is 0.495. The van der Waals surface area contributed by atoms with Gasteiger partial charge in [-0.15, -0.1) is 10.2 Å². The second-order valence-electron chi connectivity index (χ2n) is 5.22. The normalized spacial score (nSPS) is 11.2. The Morgan fingerprint density at radius 1 is 1.22 bits per heavy atom. The smallest absolute Gasteiger partial charge is 0.218 e. The summed E-state index contributed by atoms with van der Waals surface area (Å²) < 4.78 is 0. The van der Waals surface area contributed by atoms with Crippen LogP contribution in [0.3, 0.4) is 0 Å². The van der Waals surface area contributed by atoms with Crippen molar-refractivity contribution < 1.29 is 5.11 Å². The van der Waals surface area contributed by atoms with Crippen molar-refractivity contribution in [2.24, 2.45) is 10.2 Å². The number of azo groups is 1. The topological polar surface area (TPSA) is 72.8 Å². The molecule has 0 aliphatic rings. The Hall–Kier alpha value is -2.73. The molecule has 1 aromatic heterocycles. The van der Waals surface area contributed by atoms with E-state index in [1.807, 2.05) is 55.5 Å². The summed E-state index contributed by atoms with van der Waals surface area (Å²) in [6, 6.07) is 15.7. The summed E-state index contributed by atoms with van der Waals surface area (Å²) >= 11 is 5.15. The van der Waals surface area contributed by atoms with Gasteiger partial charge in [-0.25, -0.2) is 0 Å². The first kappa shape index (κ1) is 15.2. The van der Waals surface area contributed by atoms with Gasteiger partial charge in [-0.05, 0) is 36.8 Å². The van der Waals surface area contributed by atoms with Crippen LogP contribution >= 0.6 is 12.2 Å². The Kier molecular flexibility index (Phi) is 4.34. The van der Waals surface area contributed by atoms with Crippen molar-refractivity contribution in [1.82, 2.24) is 10.3 Å². The second-order valence-corrected chi connectivity index (χ2v) is 5.60. The largest absolute Gasteiger partial charge is 0.493 e. The first-order valence-electron chi connectivity index (χ1n) is 7.18. The van der Waals surface area contributed by atoms with Crippen LogP contribution in [-0.2, 0) is 6.54 Å². The predicted octanol–water partition coefficient (Wildman–Crippen LogP) is 4.34. The first-order chi connectivity index (χ1) is 11.1. The van der Waals surface area contributed by atoms with Crippen LogP contribution in [0.25, 0.3) is 10.9 Å². The molecule has 0 unspecified atom stereocenters. The average Bonchev–Trinajstić information content (AvgIpc) is 2.86. The molecule has 0 spiro atoms. The highest BCUT2D eigenvalue weighted by Gasteiger charge is 2.10. The van der Waals surface area contributed by atoms with Crippen LogP contribution in [0.4, 0.5) is 5.69 Å². The summed E-state index contributed by atoms with van der Waals surface area (Å²) in [4.78, 5) is 2.87. The molecule has 0 saturated heterocycles. The van der Waals surface area contributed by atoms with Gasteiger partial charge < -0.3 is 15.4 Å². The number of aromatic nitrogens is 1. The van der Waals surface area contributed by atoms with Crippen LogP contribution in [0.1, 0.15) is 11.1 Å². The Labute approximate surface area is 139 Å². The number of H-pyrrole nitrogens is 1. The minimum absolute atomic E-state index is 0.0137. The molecule has 0 fully saturated rings. The average molecular weight is 324 g/mol. The number of thiocarbonyl (C=S) groups is 1. The zero-order valence-electron chi connectivity index (χ0n) is 12.6. The third-order valence-corrected chi connectivity index (χ3v) is 3.66. The molecule has 3 N–H and O–H groups in total. The van der Waals surface area contributed by atoms with Gasteiger partial charge in [0.1, 0.15) is 0 Å². The maximum Gasteiger partial charge on any atom is 0.218 e. The summed E-state index contributed by atoms with van der Waals surface area (Å²) in [5.74, 6) is -0.0137. The minimum Gasteiger partial charge on any atom is -0.493 e. The maximum absolute atomic E-state index is 9.97. The van der Waals surface area contributed by atoms with E-state index >= 15 is 0 Å². The maximum atomic E-state index is 9.97. The number of aryl methyl sites for hydroxylation is 1. The van der Waals surface area contributed by atoms with Crippen molar-refractivity contribution in [3.8, 4) is 5.88 Å². The summed E-state index contributed by atoms with van der Waals surface area (Å²) in [5.41, 5.74) is 3.39. The standard InChI is InChI=1S/C17H16N4OS/c1-11-7-8-14-13(9-11)15(16(22)19-14)20-21-17(23)18-10-12-5-3-2-4-6-12/h2-9,19,22H,10H2,1H3,(H,18,23). The van der Waals surface area contributed by atoms with Crippen LogP contribution in [0.2, 0.25) is 0 Å². The van der Waals surface area contributed by atoms with Crippen LogP contribution in [0.5, 0.6) is 5.88 Å². The second kappa shape index (κ2) is 6.58. The van der Waals surface area contributed by atoms with E-state index in [1.54, 1.807) is 0 Å². The number of nitrogens with one attached hydrogen (secondary N) is 2. The fraction of sp³-hybridized carbons (Fsp3) is 0.118. The summed E-state index contributed by atoms with van der Waals surface area (Å²) in [6.07, 6.45) is 0. The van der Waals surface area contributed by atoms with Crippen molar-refractivity contribution in [1.29, 1.82) is 0 Å². The van der Waals surface area contributed by atoms with Crippen LogP contribution in [-0.4, -0.2) is 15.2 Å². The Bertz CT molecular complexity index is 871. The van der Waals surface area contributed by atoms with E-state index in [0.717, 1.165) is 22.0 Å². The molecular weight excluding hydrogens is 308 g/mol. The van der Waals surface area contributed by atoms with Crippen molar-refractivity contribution in [3.63, 3.8) is 0 Å². The molecule has 0 radical (unpaired) electrons. The highest BCUT2D eigenvalue weighted by atomic mass is 32.1. The molecular formula is C17H16N4OS. The molecule has 2 aromatic carbocycles. The lowest BCUT2D eigenvalue weighted by Gasteiger charge is -2.02. The summed E-state index contributed by atoms with van der Waals surface area (Å²) in [6.45, 7) is 2.56. The molecule has 0 aliphatic heterocycles. The zero-order valence-corrected chi connectivity index (χ0v) is 13.4. The lowest BCUT2D eigenvalue weighted by molar-refractivity contribution is 0.459. The van der Waals surface area contributed by atoms with E-state index in [-0.39, 0.29) is 11.0 Å². The Balaban J connectivity index is 1.73. The van der Waals surface area contributed by atoms with E-state index in [2.05, 4.69) is 20.5 Å².